The Bertz CT molecular complexity index is 566. The van der Waals surface area contributed by atoms with Gasteiger partial charge in [-0.25, -0.2) is 0 Å². The fraction of sp³-hybridized carbons (Fsp3) is 0.176. The maximum absolute atomic E-state index is 12.2. The van der Waals surface area contributed by atoms with Crippen molar-refractivity contribution in [2.24, 2.45) is 5.92 Å². The number of nitrogens with one attached hydrogen (secondary N) is 1. The molecule has 3 heteroatoms. The van der Waals surface area contributed by atoms with E-state index >= 15 is 0 Å². The van der Waals surface area contributed by atoms with Crippen molar-refractivity contribution in [1.82, 2.24) is 5.32 Å². The van der Waals surface area contributed by atoms with E-state index in [4.69, 9.17) is 0 Å². The average Bonchev–Trinajstić information content (AvgIpc) is 2.53. The van der Waals surface area contributed by atoms with Crippen molar-refractivity contribution in [3.63, 3.8) is 0 Å². The largest absolute Gasteiger partial charge is 0.345 e. The standard InChI is InChI=1S/C17H17NO2/c1-13(12-19)16(14-8-4-2-5-9-14)18-17(20)15-10-6-3-7-11-15/h2-13,16H,1H3,(H,18,20)/t13-,16+/m0/s1. The molecule has 1 amide bonds. The molecular weight excluding hydrogens is 250 g/mol. The number of hydrogen-bond donors (Lipinski definition) is 1. The molecule has 0 spiro atoms. The lowest BCUT2D eigenvalue weighted by Gasteiger charge is -2.22. The number of benzene rings is 2. The summed E-state index contributed by atoms with van der Waals surface area (Å²) in [6.45, 7) is 1.80. The molecule has 1 N–H and O–H groups in total. The van der Waals surface area contributed by atoms with Crippen LogP contribution < -0.4 is 5.32 Å². The van der Waals surface area contributed by atoms with Crippen LogP contribution in [0.3, 0.4) is 0 Å². The molecule has 0 saturated heterocycles. The van der Waals surface area contributed by atoms with Gasteiger partial charge in [-0.15, -0.1) is 0 Å². The van der Waals surface area contributed by atoms with Crippen molar-refractivity contribution in [1.29, 1.82) is 0 Å². The third-order valence-electron chi connectivity index (χ3n) is 3.22. The van der Waals surface area contributed by atoms with E-state index in [2.05, 4.69) is 5.32 Å². The highest BCUT2D eigenvalue weighted by molar-refractivity contribution is 5.94. The molecule has 0 bridgehead atoms. The Labute approximate surface area is 118 Å². The lowest BCUT2D eigenvalue weighted by atomic mass is 9.95. The molecule has 0 unspecified atom stereocenters. The second kappa shape index (κ2) is 6.66. The molecule has 2 atom stereocenters. The van der Waals surface area contributed by atoms with Crippen LogP contribution in [0.15, 0.2) is 60.7 Å². The van der Waals surface area contributed by atoms with Crippen LogP contribution in [0, 0.1) is 5.92 Å². The predicted octanol–water partition coefficient (Wildman–Crippen LogP) is 2.99. The zero-order chi connectivity index (χ0) is 14.4. The molecule has 0 aliphatic rings. The smallest absolute Gasteiger partial charge is 0.251 e. The number of amides is 1. The van der Waals surface area contributed by atoms with Crippen LogP contribution in [0.5, 0.6) is 0 Å². The van der Waals surface area contributed by atoms with Gasteiger partial charge in [-0.3, -0.25) is 4.79 Å². The first-order valence-corrected chi connectivity index (χ1v) is 6.58. The van der Waals surface area contributed by atoms with E-state index < -0.39 is 0 Å². The topological polar surface area (TPSA) is 46.2 Å². The summed E-state index contributed by atoms with van der Waals surface area (Å²) >= 11 is 0. The van der Waals surface area contributed by atoms with Gasteiger partial charge in [0.15, 0.2) is 0 Å². The van der Waals surface area contributed by atoms with E-state index in [0.29, 0.717) is 5.56 Å². The first-order valence-electron chi connectivity index (χ1n) is 6.58. The summed E-state index contributed by atoms with van der Waals surface area (Å²) in [5, 5.41) is 2.93. The number of aldehydes is 1. The second-order valence-corrected chi connectivity index (χ2v) is 4.72. The summed E-state index contributed by atoms with van der Waals surface area (Å²) in [5.41, 5.74) is 1.52. The van der Waals surface area contributed by atoms with Gasteiger partial charge in [0, 0.05) is 11.5 Å². The zero-order valence-corrected chi connectivity index (χ0v) is 11.3. The van der Waals surface area contributed by atoms with Crippen molar-refractivity contribution < 1.29 is 9.59 Å². The van der Waals surface area contributed by atoms with Crippen LogP contribution in [0.4, 0.5) is 0 Å². The van der Waals surface area contributed by atoms with Crippen LogP contribution in [0.25, 0.3) is 0 Å². The van der Waals surface area contributed by atoms with Crippen molar-refractivity contribution in [2.75, 3.05) is 0 Å². The summed E-state index contributed by atoms with van der Waals surface area (Å²) in [6.07, 6.45) is 0.864. The fourth-order valence-corrected chi connectivity index (χ4v) is 2.07. The van der Waals surface area contributed by atoms with Gasteiger partial charge in [-0.2, -0.15) is 0 Å². The van der Waals surface area contributed by atoms with E-state index in [9.17, 15) is 9.59 Å². The number of rotatable bonds is 5. The lowest BCUT2D eigenvalue weighted by Crippen LogP contribution is -2.33. The fourth-order valence-electron chi connectivity index (χ4n) is 2.07. The van der Waals surface area contributed by atoms with Crippen molar-refractivity contribution in [3.05, 3.63) is 71.8 Å². The van der Waals surface area contributed by atoms with E-state index in [1.54, 1.807) is 19.1 Å². The van der Waals surface area contributed by atoms with Crippen LogP contribution in [0.1, 0.15) is 28.9 Å². The quantitative estimate of drug-likeness (QED) is 0.846. The molecule has 0 fully saturated rings. The van der Waals surface area contributed by atoms with Gasteiger partial charge in [0.25, 0.3) is 5.91 Å². The molecule has 0 saturated carbocycles. The third kappa shape index (κ3) is 3.32. The van der Waals surface area contributed by atoms with E-state index in [0.717, 1.165) is 11.8 Å². The highest BCUT2D eigenvalue weighted by Crippen LogP contribution is 2.21. The molecular formula is C17H17NO2. The zero-order valence-electron chi connectivity index (χ0n) is 11.3. The van der Waals surface area contributed by atoms with Gasteiger partial charge in [0.1, 0.15) is 6.29 Å². The van der Waals surface area contributed by atoms with Crippen LogP contribution in [-0.2, 0) is 4.79 Å². The van der Waals surface area contributed by atoms with E-state index in [-0.39, 0.29) is 17.9 Å². The van der Waals surface area contributed by atoms with Gasteiger partial charge >= 0.3 is 0 Å². The van der Waals surface area contributed by atoms with E-state index in [1.165, 1.54) is 0 Å². The molecule has 0 radical (unpaired) electrons. The molecule has 0 aliphatic heterocycles. The van der Waals surface area contributed by atoms with Gasteiger partial charge in [0.05, 0.1) is 6.04 Å². The third-order valence-corrected chi connectivity index (χ3v) is 3.22. The summed E-state index contributed by atoms with van der Waals surface area (Å²) in [7, 11) is 0. The molecule has 3 nitrogen and oxygen atoms in total. The average molecular weight is 267 g/mol. The van der Waals surface area contributed by atoms with Gasteiger partial charge in [-0.1, -0.05) is 55.5 Å². The predicted molar refractivity (Wildman–Crippen MR) is 78.3 cm³/mol. The van der Waals surface area contributed by atoms with Crippen LogP contribution >= 0.6 is 0 Å². The molecule has 0 aromatic heterocycles. The Balaban J connectivity index is 2.21. The molecule has 20 heavy (non-hydrogen) atoms. The Hall–Kier alpha value is -2.42. The van der Waals surface area contributed by atoms with Gasteiger partial charge < -0.3 is 10.1 Å². The molecule has 0 aliphatic carbocycles. The molecule has 2 rings (SSSR count). The Morgan fingerprint density at radius 3 is 2.10 bits per heavy atom. The molecule has 0 heterocycles. The van der Waals surface area contributed by atoms with Crippen LogP contribution in [0.2, 0.25) is 0 Å². The summed E-state index contributed by atoms with van der Waals surface area (Å²) in [6, 6.07) is 18.2. The Morgan fingerprint density at radius 2 is 1.55 bits per heavy atom. The Morgan fingerprint density at radius 1 is 1.00 bits per heavy atom. The summed E-state index contributed by atoms with van der Waals surface area (Å²) in [4.78, 5) is 23.3. The van der Waals surface area contributed by atoms with Gasteiger partial charge in [0.2, 0.25) is 0 Å². The minimum Gasteiger partial charge on any atom is -0.345 e. The summed E-state index contributed by atoms with van der Waals surface area (Å²) in [5.74, 6) is -0.460. The van der Waals surface area contributed by atoms with Gasteiger partial charge in [-0.05, 0) is 17.7 Å². The first-order chi connectivity index (χ1) is 9.72. The van der Waals surface area contributed by atoms with Crippen molar-refractivity contribution >= 4 is 12.2 Å². The Kier molecular flexibility index (Phi) is 4.66. The highest BCUT2D eigenvalue weighted by Gasteiger charge is 2.21. The number of carbonyl (C=O) groups excluding carboxylic acids is 2. The van der Waals surface area contributed by atoms with Crippen molar-refractivity contribution in [2.45, 2.75) is 13.0 Å². The maximum Gasteiger partial charge on any atom is 0.251 e. The highest BCUT2D eigenvalue weighted by atomic mass is 16.1. The van der Waals surface area contributed by atoms with E-state index in [1.807, 2.05) is 48.5 Å². The van der Waals surface area contributed by atoms with Crippen molar-refractivity contribution in [3.8, 4) is 0 Å². The minimum atomic E-state index is -0.318. The second-order valence-electron chi connectivity index (χ2n) is 4.72. The monoisotopic (exact) mass is 267 g/mol. The molecule has 2 aromatic carbocycles. The minimum absolute atomic E-state index is 0.173. The lowest BCUT2D eigenvalue weighted by molar-refractivity contribution is -0.111. The first kappa shape index (κ1) is 14.0. The number of carbonyl (C=O) groups is 2. The van der Waals surface area contributed by atoms with Crippen LogP contribution in [-0.4, -0.2) is 12.2 Å². The molecule has 2 aromatic rings. The maximum atomic E-state index is 12.2. The number of hydrogen-bond acceptors (Lipinski definition) is 2. The SMILES string of the molecule is C[C@@H](C=O)[C@@H](NC(=O)c1ccccc1)c1ccccc1. The normalized spacial score (nSPS) is 13.2. The molecule has 102 valence electrons. The summed E-state index contributed by atoms with van der Waals surface area (Å²) < 4.78 is 0.